The van der Waals surface area contributed by atoms with Crippen molar-refractivity contribution in [1.29, 1.82) is 0 Å². The highest BCUT2D eigenvalue weighted by molar-refractivity contribution is 6.03. The fraction of sp³-hybridized carbons (Fsp3) is 0.125. The van der Waals surface area contributed by atoms with Crippen molar-refractivity contribution in [3.63, 3.8) is 0 Å². The number of aromatic nitrogens is 1. The predicted octanol–water partition coefficient (Wildman–Crippen LogP) is 4.02. The van der Waals surface area contributed by atoms with Crippen molar-refractivity contribution in [3.05, 3.63) is 83.6 Å². The van der Waals surface area contributed by atoms with E-state index in [1.54, 1.807) is 18.5 Å². The van der Waals surface area contributed by atoms with Crippen molar-refractivity contribution < 1.29 is 9.53 Å². The van der Waals surface area contributed by atoms with Crippen LogP contribution in [0.3, 0.4) is 0 Å². The molecular formula is C24H19N3O2. The Labute approximate surface area is 168 Å². The third-order valence-electron chi connectivity index (χ3n) is 5.26. The molecule has 1 aromatic heterocycles. The minimum Gasteiger partial charge on any atom is -0.481 e. The molecule has 0 spiro atoms. The third kappa shape index (κ3) is 3.31. The third-order valence-corrected chi connectivity index (χ3v) is 5.26. The zero-order valence-electron chi connectivity index (χ0n) is 15.8. The Morgan fingerprint density at radius 1 is 1.03 bits per heavy atom. The maximum absolute atomic E-state index is 12.2. The summed E-state index contributed by atoms with van der Waals surface area (Å²) in [7, 11) is 0. The summed E-state index contributed by atoms with van der Waals surface area (Å²) in [6.07, 6.45) is 5.57. The van der Waals surface area contributed by atoms with E-state index in [-0.39, 0.29) is 12.5 Å². The van der Waals surface area contributed by atoms with Gasteiger partial charge in [0.2, 0.25) is 0 Å². The van der Waals surface area contributed by atoms with Crippen LogP contribution < -0.4 is 10.2 Å². The Bertz CT molecular complexity index is 1250. The van der Waals surface area contributed by atoms with Crippen LogP contribution in [0.25, 0.3) is 21.7 Å². The topological polar surface area (TPSA) is 63.6 Å². The molecule has 29 heavy (non-hydrogen) atoms. The first kappa shape index (κ1) is 17.4. The summed E-state index contributed by atoms with van der Waals surface area (Å²) < 4.78 is 5.65. The van der Waals surface area contributed by atoms with E-state index in [0.717, 1.165) is 29.3 Å². The summed E-state index contributed by atoms with van der Waals surface area (Å²) in [5.41, 5.74) is 7.04. The molecule has 142 valence electrons. The molecule has 1 aliphatic rings. The lowest BCUT2D eigenvalue weighted by molar-refractivity contribution is -0.123. The highest BCUT2D eigenvalue weighted by Crippen LogP contribution is 2.32. The Morgan fingerprint density at radius 2 is 1.86 bits per heavy atom. The van der Waals surface area contributed by atoms with Crippen molar-refractivity contribution in [2.75, 3.05) is 6.61 Å². The van der Waals surface area contributed by atoms with Crippen LogP contribution in [-0.2, 0) is 17.6 Å². The van der Waals surface area contributed by atoms with Gasteiger partial charge in [0.1, 0.15) is 11.3 Å². The second kappa shape index (κ2) is 7.36. The molecule has 5 nitrogen and oxygen atoms in total. The molecule has 4 aromatic rings. The second-order valence-electron chi connectivity index (χ2n) is 7.07. The average Bonchev–Trinajstić information content (AvgIpc) is 3.18. The van der Waals surface area contributed by atoms with Gasteiger partial charge in [-0.25, -0.2) is 5.43 Å². The number of carbonyl (C=O) groups excluding carboxylic acids is 1. The molecule has 0 atom stereocenters. The molecule has 0 bridgehead atoms. The van der Waals surface area contributed by atoms with Crippen LogP contribution in [-0.4, -0.2) is 23.7 Å². The fourth-order valence-corrected chi connectivity index (χ4v) is 3.92. The van der Waals surface area contributed by atoms with E-state index in [2.05, 4.69) is 45.8 Å². The molecule has 0 unspecified atom stereocenters. The number of hydrazone groups is 1. The maximum Gasteiger partial charge on any atom is 0.277 e. The van der Waals surface area contributed by atoms with Gasteiger partial charge >= 0.3 is 0 Å². The van der Waals surface area contributed by atoms with Gasteiger partial charge in [-0.05, 0) is 46.9 Å². The Kier molecular flexibility index (Phi) is 4.41. The van der Waals surface area contributed by atoms with Crippen LogP contribution in [0.1, 0.15) is 16.7 Å². The van der Waals surface area contributed by atoms with Crippen LogP contribution in [0.4, 0.5) is 0 Å². The van der Waals surface area contributed by atoms with Crippen LogP contribution in [0, 0.1) is 0 Å². The molecule has 0 radical (unpaired) electrons. The summed E-state index contributed by atoms with van der Waals surface area (Å²) in [5, 5.41) is 7.60. The van der Waals surface area contributed by atoms with Gasteiger partial charge in [0.15, 0.2) is 6.61 Å². The highest BCUT2D eigenvalue weighted by atomic mass is 16.5. The number of fused-ring (bicyclic) bond motifs is 1. The summed E-state index contributed by atoms with van der Waals surface area (Å²) in [6, 6.07) is 20.0. The number of pyridine rings is 1. The summed E-state index contributed by atoms with van der Waals surface area (Å²) in [4.78, 5) is 16.5. The number of carbonyl (C=O) groups is 1. The van der Waals surface area contributed by atoms with E-state index in [4.69, 9.17) is 4.74 Å². The lowest BCUT2D eigenvalue weighted by atomic mass is 10.0. The second-order valence-corrected chi connectivity index (χ2v) is 7.07. The molecule has 1 N–H and O–H groups in total. The molecule has 1 heterocycles. The molecule has 1 aliphatic carbocycles. The minimum absolute atomic E-state index is 0.128. The number of rotatable bonds is 5. The molecule has 3 aromatic carbocycles. The van der Waals surface area contributed by atoms with Crippen molar-refractivity contribution in [2.24, 2.45) is 5.10 Å². The predicted molar refractivity (Wildman–Crippen MR) is 114 cm³/mol. The molecule has 0 saturated heterocycles. The lowest BCUT2D eigenvalue weighted by Crippen LogP contribution is -2.24. The number of aryl methyl sites for hydroxylation is 2. The highest BCUT2D eigenvalue weighted by Gasteiger charge is 2.15. The van der Waals surface area contributed by atoms with E-state index in [0.29, 0.717) is 5.75 Å². The van der Waals surface area contributed by atoms with E-state index < -0.39 is 0 Å². The van der Waals surface area contributed by atoms with Crippen LogP contribution >= 0.6 is 0 Å². The number of nitrogens with one attached hydrogen (secondary N) is 1. The zero-order chi connectivity index (χ0) is 19.6. The normalized spacial score (nSPS) is 12.7. The largest absolute Gasteiger partial charge is 0.481 e. The first-order valence-electron chi connectivity index (χ1n) is 9.61. The van der Waals surface area contributed by atoms with Gasteiger partial charge < -0.3 is 4.74 Å². The van der Waals surface area contributed by atoms with Crippen LogP contribution in [0.2, 0.25) is 0 Å². The van der Waals surface area contributed by atoms with E-state index in [1.807, 2.05) is 24.3 Å². The van der Waals surface area contributed by atoms with Gasteiger partial charge in [-0.3, -0.25) is 9.78 Å². The Balaban J connectivity index is 1.27. The van der Waals surface area contributed by atoms with Crippen molar-refractivity contribution >= 4 is 33.8 Å². The zero-order valence-corrected chi connectivity index (χ0v) is 15.8. The lowest BCUT2D eigenvalue weighted by Gasteiger charge is -2.08. The number of ether oxygens (including phenoxy) is 1. The van der Waals surface area contributed by atoms with Gasteiger partial charge in [0.25, 0.3) is 5.91 Å². The van der Waals surface area contributed by atoms with E-state index in [1.165, 1.54) is 21.9 Å². The smallest absolute Gasteiger partial charge is 0.277 e. The van der Waals surface area contributed by atoms with Gasteiger partial charge in [-0.1, -0.05) is 48.5 Å². The molecule has 0 aliphatic heterocycles. The van der Waals surface area contributed by atoms with Gasteiger partial charge in [0.05, 0.1) is 6.21 Å². The van der Waals surface area contributed by atoms with E-state index >= 15 is 0 Å². The number of para-hydroxylation sites is 1. The van der Waals surface area contributed by atoms with Crippen molar-refractivity contribution in [1.82, 2.24) is 10.4 Å². The van der Waals surface area contributed by atoms with Gasteiger partial charge in [0, 0.05) is 17.1 Å². The molecule has 1 amide bonds. The van der Waals surface area contributed by atoms with Crippen molar-refractivity contribution in [3.8, 4) is 5.75 Å². The first-order valence-corrected chi connectivity index (χ1v) is 9.61. The van der Waals surface area contributed by atoms with Gasteiger partial charge in [-0.15, -0.1) is 0 Å². The number of hydrogen-bond donors (Lipinski definition) is 1. The van der Waals surface area contributed by atoms with Gasteiger partial charge in [-0.2, -0.15) is 5.10 Å². The molecule has 0 fully saturated rings. The number of hydrogen-bond acceptors (Lipinski definition) is 4. The van der Waals surface area contributed by atoms with E-state index in [9.17, 15) is 4.79 Å². The summed E-state index contributed by atoms with van der Waals surface area (Å²) >= 11 is 0. The first-order chi connectivity index (χ1) is 14.3. The summed E-state index contributed by atoms with van der Waals surface area (Å²) in [6.45, 7) is -0.128. The Hall–Kier alpha value is -3.73. The van der Waals surface area contributed by atoms with Crippen molar-refractivity contribution in [2.45, 2.75) is 12.8 Å². The number of benzene rings is 3. The molecule has 0 saturated carbocycles. The number of nitrogens with zero attached hydrogens (tertiary/aromatic N) is 2. The molecule has 5 heteroatoms. The van der Waals surface area contributed by atoms with Crippen LogP contribution in [0.15, 0.2) is 72.0 Å². The average molecular weight is 381 g/mol. The standard InChI is InChI=1S/C24H19N3O2/c28-22(15-29-21-8-2-5-18-6-3-13-25-24(18)21)27-26-14-19-12-11-17-10-9-16-4-1-7-20(19)23(16)17/h1-8,11-14H,9-10,15H2,(H,27,28)/b26-14-. The minimum atomic E-state index is -0.319. The quantitative estimate of drug-likeness (QED) is 0.420. The Morgan fingerprint density at radius 3 is 2.79 bits per heavy atom. The molecule has 5 rings (SSSR count). The maximum atomic E-state index is 12.2. The molecular weight excluding hydrogens is 362 g/mol. The fourth-order valence-electron chi connectivity index (χ4n) is 3.92. The monoisotopic (exact) mass is 381 g/mol. The number of amides is 1. The van der Waals surface area contributed by atoms with Crippen LogP contribution in [0.5, 0.6) is 5.75 Å². The SMILES string of the molecule is O=C(COc1cccc2cccnc12)N/N=C\c1ccc2c3c(cccc13)CC2. The summed E-state index contributed by atoms with van der Waals surface area (Å²) in [5.74, 6) is 0.259.